The van der Waals surface area contributed by atoms with Crippen molar-refractivity contribution in [2.75, 3.05) is 25.0 Å². The molecule has 2 aliphatic rings. The zero-order valence-electron chi connectivity index (χ0n) is 18.2. The number of aromatic nitrogens is 3. The van der Waals surface area contributed by atoms with Crippen LogP contribution in [0.2, 0.25) is 0 Å². The number of amides is 1. The largest absolute Gasteiger partial charge is 0.317 e. The topological polar surface area (TPSA) is 86.3 Å². The summed E-state index contributed by atoms with van der Waals surface area (Å²) >= 11 is 1.61. The number of carbonyl (C=O) groups is 1. The van der Waals surface area contributed by atoms with Crippen LogP contribution in [0.15, 0.2) is 24.4 Å². The number of nitrogens with zero attached hydrogens (tertiary/aromatic N) is 5. The Morgan fingerprint density at radius 3 is 2.88 bits per heavy atom. The first-order valence-electron chi connectivity index (χ1n) is 11.6. The molecule has 5 rings (SSSR count). The average molecular weight is 449 g/mol. The summed E-state index contributed by atoms with van der Waals surface area (Å²) in [6, 6.07) is 8.32. The van der Waals surface area contributed by atoms with Gasteiger partial charge in [-0.2, -0.15) is 5.26 Å². The van der Waals surface area contributed by atoms with Crippen molar-refractivity contribution in [3.05, 3.63) is 46.2 Å². The van der Waals surface area contributed by atoms with E-state index in [1.54, 1.807) is 11.3 Å². The Labute approximate surface area is 192 Å². The van der Waals surface area contributed by atoms with Gasteiger partial charge < -0.3 is 10.2 Å². The van der Waals surface area contributed by atoms with Crippen LogP contribution in [0.3, 0.4) is 0 Å². The summed E-state index contributed by atoms with van der Waals surface area (Å²) in [5, 5.41) is 22.1. The number of likely N-dealkylation sites (tertiary alicyclic amines) is 1. The maximum atomic E-state index is 12.6. The van der Waals surface area contributed by atoms with Crippen LogP contribution in [0, 0.1) is 11.3 Å². The Balaban J connectivity index is 1.14. The van der Waals surface area contributed by atoms with Crippen LogP contribution in [0.1, 0.15) is 66.3 Å². The molecule has 0 aromatic carbocycles. The van der Waals surface area contributed by atoms with E-state index in [4.69, 9.17) is 0 Å². The zero-order valence-corrected chi connectivity index (χ0v) is 19.0. The Bertz CT molecular complexity index is 1150. The monoisotopic (exact) mass is 448 g/mol. The Kier molecular flexibility index (Phi) is 6.19. The summed E-state index contributed by atoms with van der Waals surface area (Å²) in [4.78, 5) is 16.3. The first-order chi connectivity index (χ1) is 15.7. The third kappa shape index (κ3) is 4.27. The molecule has 0 bridgehead atoms. The van der Waals surface area contributed by atoms with Gasteiger partial charge in [0, 0.05) is 30.0 Å². The highest BCUT2D eigenvalue weighted by Gasteiger charge is 2.25. The van der Waals surface area contributed by atoms with Crippen LogP contribution in [0.4, 0.5) is 5.00 Å². The van der Waals surface area contributed by atoms with E-state index >= 15 is 0 Å². The van der Waals surface area contributed by atoms with Crippen LogP contribution in [0.25, 0.3) is 5.65 Å². The quantitative estimate of drug-likeness (QED) is 0.593. The molecule has 8 heteroatoms. The lowest BCUT2D eigenvalue weighted by Crippen LogP contribution is -2.35. The Hall–Kier alpha value is -2.76. The van der Waals surface area contributed by atoms with Gasteiger partial charge in [-0.05, 0) is 69.3 Å². The molecule has 0 saturated carbocycles. The van der Waals surface area contributed by atoms with Crippen LogP contribution >= 0.6 is 11.3 Å². The molecule has 0 spiro atoms. The van der Waals surface area contributed by atoms with Gasteiger partial charge in [0.2, 0.25) is 5.91 Å². The van der Waals surface area contributed by atoms with Gasteiger partial charge in [0.1, 0.15) is 16.9 Å². The van der Waals surface area contributed by atoms with Gasteiger partial charge in [0.05, 0.1) is 5.56 Å². The van der Waals surface area contributed by atoms with Crippen LogP contribution in [0.5, 0.6) is 0 Å². The predicted octanol–water partition coefficient (Wildman–Crippen LogP) is 4.14. The van der Waals surface area contributed by atoms with Crippen molar-refractivity contribution in [2.45, 2.75) is 57.3 Å². The number of rotatable bonds is 5. The second-order valence-corrected chi connectivity index (χ2v) is 9.89. The molecule has 0 atom stereocenters. The fraction of sp³-hybridized carbons (Fsp3) is 0.500. The van der Waals surface area contributed by atoms with Crippen molar-refractivity contribution in [3.8, 4) is 6.07 Å². The number of nitrogens with one attached hydrogen (secondary N) is 1. The first kappa shape index (κ1) is 21.1. The molecule has 0 radical (unpaired) electrons. The van der Waals surface area contributed by atoms with Crippen LogP contribution in [-0.4, -0.2) is 45.0 Å². The molecule has 1 saturated heterocycles. The molecule has 166 valence electrons. The molecule has 1 aliphatic carbocycles. The number of hydrogen-bond donors (Lipinski definition) is 1. The molecule has 1 N–H and O–H groups in total. The summed E-state index contributed by atoms with van der Waals surface area (Å²) in [6.45, 7) is 2.65. The van der Waals surface area contributed by atoms with Crippen molar-refractivity contribution in [1.29, 1.82) is 5.26 Å². The van der Waals surface area contributed by atoms with Crippen molar-refractivity contribution < 1.29 is 4.79 Å². The lowest BCUT2D eigenvalue weighted by atomic mass is 9.96. The average Bonchev–Trinajstić information content (AvgIpc) is 3.31. The highest BCUT2D eigenvalue weighted by molar-refractivity contribution is 7.16. The van der Waals surface area contributed by atoms with Gasteiger partial charge in [-0.15, -0.1) is 21.5 Å². The molecule has 32 heavy (non-hydrogen) atoms. The van der Waals surface area contributed by atoms with E-state index in [1.165, 1.54) is 23.3 Å². The van der Waals surface area contributed by atoms with Crippen LogP contribution in [-0.2, 0) is 17.6 Å². The maximum Gasteiger partial charge on any atom is 0.226 e. The van der Waals surface area contributed by atoms with Crippen molar-refractivity contribution in [1.82, 2.24) is 19.5 Å². The van der Waals surface area contributed by atoms with Gasteiger partial charge in [0.25, 0.3) is 0 Å². The van der Waals surface area contributed by atoms with Gasteiger partial charge in [-0.3, -0.25) is 9.20 Å². The van der Waals surface area contributed by atoms with Crippen molar-refractivity contribution >= 4 is 27.9 Å². The number of hydrogen-bond acceptors (Lipinski definition) is 6. The minimum absolute atomic E-state index is 0.00323. The molecule has 4 heterocycles. The smallest absolute Gasteiger partial charge is 0.226 e. The van der Waals surface area contributed by atoms with Gasteiger partial charge >= 0.3 is 0 Å². The summed E-state index contributed by atoms with van der Waals surface area (Å²) < 4.78 is 2.09. The van der Waals surface area contributed by atoms with Gasteiger partial charge in [-0.25, -0.2) is 0 Å². The standard InChI is InChI=1S/C24H28N6OS/c25-16-19-18-6-2-1-3-7-20(18)32-24(19)26-22(31)11-15-29-13-9-17(10-14-29)23-28-27-21-8-4-5-12-30(21)23/h4-5,8,12,17H,1-3,6-7,9-11,13-15H2,(H,26,31). The molecular formula is C24H28N6OS. The molecule has 3 aromatic rings. The fourth-order valence-corrected chi connectivity index (χ4v) is 6.21. The third-order valence-corrected chi connectivity index (χ3v) is 7.94. The van der Waals surface area contributed by atoms with E-state index in [0.29, 0.717) is 17.9 Å². The zero-order chi connectivity index (χ0) is 21.9. The Morgan fingerprint density at radius 1 is 1.19 bits per heavy atom. The molecule has 0 unspecified atom stereocenters. The van der Waals surface area contributed by atoms with Gasteiger partial charge in [-0.1, -0.05) is 12.5 Å². The summed E-state index contributed by atoms with van der Waals surface area (Å²) in [7, 11) is 0. The number of thiophene rings is 1. The Morgan fingerprint density at radius 2 is 2.03 bits per heavy atom. The minimum atomic E-state index is 0.00323. The van der Waals surface area contributed by atoms with E-state index in [0.717, 1.165) is 68.2 Å². The van der Waals surface area contributed by atoms with E-state index in [1.807, 2.05) is 24.4 Å². The minimum Gasteiger partial charge on any atom is -0.317 e. The number of carbonyl (C=O) groups excluding carboxylic acids is 1. The number of fused-ring (bicyclic) bond motifs is 2. The number of piperidine rings is 1. The lowest BCUT2D eigenvalue weighted by Gasteiger charge is -2.30. The van der Waals surface area contributed by atoms with Gasteiger partial charge in [0.15, 0.2) is 5.65 Å². The SMILES string of the molecule is N#Cc1c(NC(=O)CCN2CCC(c3nnc4ccccn34)CC2)sc2c1CCCCC2. The van der Waals surface area contributed by atoms with E-state index in [-0.39, 0.29) is 5.91 Å². The van der Waals surface area contributed by atoms with Crippen molar-refractivity contribution in [3.63, 3.8) is 0 Å². The molecule has 7 nitrogen and oxygen atoms in total. The van der Waals surface area contributed by atoms with E-state index in [2.05, 4.69) is 30.9 Å². The molecule has 1 fully saturated rings. The van der Waals surface area contributed by atoms with E-state index in [9.17, 15) is 10.1 Å². The predicted molar refractivity (Wildman–Crippen MR) is 125 cm³/mol. The summed E-state index contributed by atoms with van der Waals surface area (Å²) in [6.07, 6.45) is 10.0. The third-order valence-electron chi connectivity index (χ3n) is 6.73. The van der Waals surface area contributed by atoms with Crippen molar-refractivity contribution in [2.24, 2.45) is 0 Å². The number of nitriles is 1. The summed E-state index contributed by atoms with van der Waals surface area (Å²) in [5.41, 5.74) is 2.76. The number of anilines is 1. The number of aryl methyl sites for hydroxylation is 1. The fourth-order valence-electron chi connectivity index (χ4n) is 4.95. The highest BCUT2D eigenvalue weighted by atomic mass is 32.1. The maximum absolute atomic E-state index is 12.6. The molecular weight excluding hydrogens is 420 g/mol. The molecule has 1 amide bonds. The summed E-state index contributed by atoms with van der Waals surface area (Å²) in [5.74, 6) is 1.44. The second-order valence-electron chi connectivity index (χ2n) is 8.78. The normalized spacial score (nSPS) is 17.6. The molecule has 1 aliphatic heterocycles. The second kappa shape index (κ2) is 9.39. The lowest BCUT2D eigenvalue weighted by molar-refractivity contribution is -0.116. The number of pyridine rings is 1. The van der Waals surface area contributed by atoms with E-state index < -0.39 is 0 Å². The highest BCUT2D eigenvalue weighted by Crippen LogP contribution is 2.37. The molecule has 3 aromatic heterocycles. The first-order valence-corrected chi connectivity index (χ1v) is 12.4. The van der Waals surface area contributed by atoms with Crippen LogP contribution < -0.4 is 5.32 Å².